The lowest BCUT2D eigenvalue weighted by Crippen LogP contribution is -2.18. The minimum atomic E-state index is -0.359. The highest BCUT2D eigenvalue weighted by Gasteiger charge is 2.27. The van der Waals surface area contributed by atoms with Gasteiger partial charge in [0.15, 0.2) is 5.82 Å². The number of hydrogen-bond donors (Lipinski definition) is 2. The molecule has 35 heavy (non-hydrogen) atoms. The zero-order chi connectivity index (χ0) is 24.7. The van der Waals surface area contributed by atoms with Crippen molar-refractivity contribution in [1.82, 2.24) is 24.6 Å². The maximum absolute atomic E-state index is 13.1. The summed E-state index contributed by atoms with van der Waals surface area (Å²) in [4.78, 5) is 24.5. The van der Waals surface area contributed by atoms with E-state index in [1.54, 1.807) is 28.9 Å². The van der Waals surface area contributed by atoms with Crippen molar-refractivity contribution in [3.63, 3.8) is 0 Å². The van der Waals surface area contributed by atoms with Crippen molar-refractivity contribution in [1.29, 1.82) is 0 Å². The number of aromatic hydroxyl groups is 1. The second kappa shape index (κ2) is 9.64. The van der Waals surface area contributed by atoms with Crippen molar-refractivity contribution < 1.29 is 5.11 Å². The van der Waals surface area contributed by atoms with E-state index < -0.39 is 0 Å². The van der Waals surface area contributed by atoms with Gasteiger partial charge in [-0.1, -0.05) is 55.2 Å². The number of halogens is 2. The van der Waals surface area contributed by atoms with E-state index in [9.17, 15) is 9.90 Å². The quantitative estimate of drug-likeness (QED) is 0.362. The number of rotatable bonds is 6. The van der Waals surface area contributed by atoms with E-state index in [0.29, 0.717) is 39.4 Å². The molecule has 9 heteroatoms. The topological polar surface area (TPSA) is 87.0 Å². The number of fused-ring (bicyclic) bond motifs is 1. The highest BCUT2D eigenvalue weighted by molar-refractivity contribution is 6.37. The predicted octanol–water partition coefficient (Wildman–Crippen LogP) is 5.38. The van der Waals surface area contributed by atoms with Gasteiger partial charge in [0, 0.05) is 18.5 Å². The monoisotopic (exact) mass is 511 g/mol. The average molecular weight is 512 g/mol. The normalized spacial score (nSPS) is 14.4. The molecule has 3 aliphatic heterocycles. The van der Waals surface area contributed by atoms with Crippen LogP contribution in [0.2, 0.25) is 10.0 Å². The van der Waals surface area contributed by atoms with Crippen LogP contribution in [-0.4, -0.2) is 42.8 Å². The first-order valence-corrected chi connectivity index (χ1v) is 12.6. The summed E-state index contributed by atoms with van der Waals surface area (Å²) in [6.07, 6.45) is 2.71. The molecule has 0 saturated carbocycles. The average Bonchev–Trinajstić information content (AvgIpc) is 3.44. The van der Waals surface area contributed by atoms with Crippen LogP contribution >= 0.6 is 23.2 Å². The Kier molecular flexibility index (Phi) is 6.57. The van der Waals surface area contributed by atoms with Crippen molar-refractivity contribution in [2.24, 2.45) is 0 Å². The maximum Gasteiger partial charge on any atom is 0.284 e. The Morgan fingerprint density at radius 1 is 1.09 bits per heavy atom. The summed E-state index contributed by atoms with van der Waals surface area (Å²) in [5.74, 6) is 1.07. The Labute approximate surface area is 213 Å². The lowest BCUT2D eigenvalue weighted by Gasteiger charge is -2.16. The number of likely N-dealkylation sites (tertiary alicyclic amines) is 1. The number of phenolic OH excluding ortho intramolecular Hbond substituents is 1. The second-order valence-electron chi connectivity index (χ2n) is 9.35. The van der Waals surface area contributed by atoms with Gasteiger partial charge in [-0.15, -0.1) is 0 Å². The summed E-state index contributed by atoms with van der Waals surface area (Å²) < 4.78 is 1.67. The molecule has 0 bridgehead atoms. The van der Waals surface area contributed by atoms with Crippen LogP contribution < -0.4 is 5.56 Å². The van der Waals surface area contributed by atoms with Crippen LogP contribution in [0.25, 0.3) is 17.1 Å². The molecular formula is C26H27Cl2N5O2. The number of nitrogens with one attached hydrogen (secondary N) is 1. The van der Waals surface area contributed by atoms with E-state index in [1.165, 1.54) is 12.8 Å². The summed E-state index contributed by atoms with van der Waals surface area (Å²) in [5.41, 5.74) is 3.03. The van der Waals surface area contributed by atoms with E-state index in [-0.39, 0.29) is 17.2 Å². The Hall–Kier alpha value is -2.87. The third-order valence-corrected chi connectivity index (χ3v) is 7.07. The summed E-state index contributed by atoms with van der Waals surface area (Å²) in [5, 5.41) is 14.8. The number of para-hydroxylation sites is 1. The Bertz CT molecular complexity index is 1390. The number of aromatic nitrogens is 4. The molecule has 0 aliphatic carbocycles. The molecular weight excluding hydrogens is 485 g/mol. The van der Waals surface area contributed by atoms with Crippen LogP contribution in [0.1, 0.15) is 55.3 Å². The molecule has 1 fully saturated rings. The Balaban J connectivity index is 1.54. The van der Waals surface area contributed by atoms with Gasteiger partial charge in [-0.05, 0) is 55.6 Å². The van der Waals surface area contributed by atoms with Crippen LogP contribution in [0, 0.1) is 0 Å². The van der Waals surface area contributed by atoms with E-state index in [1.807, 2.05) is 26.0 Å². The molecule has 0 aromatic heterocycles. The number of H-pyrrole nitrogens is 1. The van der Waals surface area contributed by atoms with Crippen molar-refractivity contribution >= 4 is 23.2 Å². The Morgan fingerprint density at radius 2 is 1.80 bits per heavy atom. The molecule has 3 aliphatic rings. The molecule has 3 heterocycles. The SMILES string of the molecule is CC(C)c1[nH]n(-c2c(Cl)cccc2Cl)c2nc(Cc3ccc(CN4CCCC4)c(O)c3)nc(=O)c1-2. The number of phenols is 1. The molecule has 2 N–H and O–H groups in total. The molecule has 0 radical (unpaired) electrons. The highest BCUT2D eigenvalue weighted by Crippen LogP contribution is 2.34. The van der Waals surface area contributed by atoms with Gasteiger partial charge in [0.1, 0.15) is 22.8 Å². The first-order chi connectivity index (χ1) is 16.8. The fraction of sp³-hybridized carbons (Fsp3) is 0.346. The predicted molar refractivity (Wildman–Crippen MR) is 138 cm³/mol. The Morgan fingerprint density at radius 3 is 2.46 bits per heavy atom. The van der Waals surface area contributed by atoms with Crippen molar-refractivity contribution in [3.8, 4) is 22.8 Å². The fourth-order valence-electron chi connectivity index (χ4n) is 4.68. The van der Waals surface area contributed by atoms with Gasteiger partial charge in [-0.2, -0.15) is 4.98 Å². The van der Waals surface area contributed by atoms with Crippen molar-refractivity contribution in [2.45, 2.75) is 45.6 Å². The maximum atomic E-state index is 13.1. The number of aromatic amines is 1. The molecule has 2 aromatic rings. The van der Waals surface area contributed by atoms with Crippen LogP contribution in [-0.2, 0) is 13.0 Å². The van der Waals surface area contributed by atoms with Crippen molar-refractivity contribution in [2.75, 3.05) is 13.1 Å². The molecule has 0 atom stereocenters. The lowest BCUT2D eigenvalue weighted by molar-refractivity contribution is 0.324. The zero-order valence-electron chi connectivity index (χ0n) is 19.7. The summed E-state index contributed by atoms with van der Waals surface area (Å²) in [6, 6.07) is 10.9. The van der Waals surface area contributed by atoms with E-state index in [4.69, 9.17) is 28.2 Å². The van der Waals surface area contributed by atoms with Gasteiger partial charge < -0.3 is 5.11 Å². The molecule has 1 saturated heterocycles. The fourth-order valence-corrected chi connectivity index (χ4v) is 5.24. The third kappa shape index (κ3) is 4.68. The van der Waals surface area contributed by atoms with E-state index in [0.717, 1.165) is 36.5 Å². The molecule has 5 rings (SSSR count). The minimum Gasteiger partial charge on any atom is -0.508 e. The third-order valence-electron chi connectivity index (χ3n) is 6.46. The van der Waals surface area contributed by atoms with Crippen LogP contribution in [0.4, 0.5) is 0 Å². The molecule has 0 spiro atoms. The van der Waals surface area contributed by atoms with Crippen LogP contribution in [0.15, 0.2) is 41.2 Å². The van der Waals surface area contributed by atoms with Gasteiger partial charge in [0.25, 0.3) is 5.56 Å². The zero-order valence-corrected chi connectivity index (χ0v) is 21.2. The standard InChI is InChI=1S/C26H27Cl2N5O2/c1-15(2)23-22-25(33(31-23)24-18(27)6-5-7-19(24)28)29-21(30-26(22)35)13-16-8-9-17(20(34)12-16)14-32-10-3-4-11-32/h5-9,12,15,31,34H,3-4,10-11,13-14H2,1-2H3. The van der Waals surface area contributed by atoms with Gasteiger partial charge in [0.05, 0.1) is 15.7 Å². The van der Waals surface area contributed by atoms with Gasteiger partial charge in [0.2, 0.25) is 0 Å². The molecule has 182 valence electrons. The highest BCUT2D eigenvalue weighted by atomic mass is 35.5. The first kappa shape index (κ1) is 23.9. The molecule has 0 unspecified atom stereocenters. The van der Waals surface area contributed by atoms with E-state index >= 15 is 0 Å². The van der Waals surface area contributed by atoms with Crippen molar-refractivity contribution in [3.05, 3.63) is 79.4 Å². The summed E-state index contributed by atoms with van der Waals surface area (Å²) >= 11 is 13.0. The first-order valence-electron chi connectivity index (χ1n) is 11.8. The molecule has 0 amide bonds. The summed E-state index contributed by atoms with van der Waals surface area (Å²) in [6.45, 7) is 6.84. The second-order valence-corrected chi connectivity index (χ2v) is 10.2. The minimum absolute atomic E-state index is 0.0299. The van der Waals surface area contributed by atoms with E-state index in [2.05, 4.69) is 15.0 Å². The molecule has 7 nitrogen and oxygen atoms in total. The van der Waals surface area contributed by atoms with Crippen LogP contribution in [0.5, 0.6) is 5.75 Å². The van der Waals surface area contributed by atoms with Gasteiger partial charge in [-0.3, -0.25) is 14.8 Å². The molecule has 2 aromatic carbocycles. The lowest BCUT2D eigenvalue weighted by atomic mass is 10.0. The van der Waals surface area contributed by atoms with Crippen LogP contribution in [0.3, 0.4) is 0 Å². The van der Waals surface area contributed by atoms with Gasteiger partial charge >= 0.3 is 0 Å². The number of benzene rings is 2. The largest absolute Gasteiger partial charge is 0.508 e. The number of nitrogens with zero attached hydrogens (tertiary/aromatic N) is 4. The number of hydrogen-bond acceptors (Lipinski definition) is 5. The van der Waals surface area contributed by atoms with Gasteiger partial charge in [-0.25, -0.2) is 9.67 Å². The summed E-state index contributed by atoms with van der Waals surface area (Å²) in [7, 11) is 0. The smallest absolute Gasteiger partial charge is 0.284 e.